The van der Waals surface area contributed by atoms with Gasteiger partial charge in [0.1, 0.15) is 5.75 Å². The van der Waals surface area contributed by atoms with E-state index < -0.39 is 0 Å². The van der Waals surface area contributed by atoms with Crippen LogP contribution in [-0.2, 0) is 4.79 Å². The largest absolute Gasteiger partial charge is 0.497 e. The first-order valence-electron chi connectivity index (χ1n) is 5.08. The van der Waals surface area contributed by atoms with Gasteiger partial charge < -0.3 is 9.64 Å². The summed E-state index contributed by atoms with van der Waals surface area (Å²) in [5.41, 5.74) is 0.847. The van der Waals surface area contributed by atoms with Crippen molar-refractivity contribution in [3.05, 3.63) is 22.7 Å². The number of nitrogens with zero attached hydrogens (tertiary/aromatic N) is 1. The maximum atomic E-state index is 11.8. The molecular weight excluding hydrogens is 270 g/mol. The molecule has 16 heavy (non-hydrogen) atoms. The monoisotopic (exact) mass is 285 g/mol. The van der Waals surface area contributed by atoms with Gasteiger partial charge in [0, 0.05) is 17.4 Å². The number of carbonyl (C=O) groups excluding carboxylic acids is 1. The zero-order chi connectivity index (χ0) is 12.3. The molecule has 1 rings (SSSR count). The predicted octanol–water partition coefficient (Wildman–Crippen LogP) is 3.08. The SMILES string of the molecule is COc1ccc(N(C)C(=O)C(C)C)c(Br)c1. The lowest BCUT2D eigenvalue weighted by Crippen LogP contribution is -2.30. The van der Waals surface area contributed by atoms with E-state index in [4.69, 9.17) is 4.74 Å². The zero-order valence-corrected chi connectivity index (χ0v) is 11.5. The summed E-state index contributed by atoms with van der Waals surface area (Å²) in [6.45, 7) is 3.77. The summed E-state index contributed by atoms with van der Waals surface area (Å²) in [4.78, 5) is 13.5. The van der Waals surface area contributed by atoms with Crippen LogP contribution in [0.5, 0.6) is 5.75 Å². The Kier molecular flexibility index (Phi) is 4.35. The van der Waals surface area contributed by atoms with E-state index in [9.17, 15) is 4.79 Å². The third-order valence-electron chi connectivity index (χ3n) is 2.34. The molecule has 0 aromatic heterocycles. The maximum absolute atomic E-state index is 11.8. The minimum atomic E-state index is -0.0148. The van der Waals surface area contributed by atoms with Crippen molar-refractivity contribution in [2.75, 3.05) is 19.1 Å². The van der Waals surface area contributed by atoms with Crippen molar-refractivity contribution in [2.24, 2.45) is 5.92 Å². The summed E-state index contributed by atoms with van der Waals surface area (Å²) >= 11 is 3.43. The van der Waals surface area contributed by atoms with E-state index in [0.717, 1.165) is 15.9 Å². The molecule has 1 aromatic carbocycles. The van der Waals surface area contributed by atoms with E-state index in [1.807, 2.05) is 32.0 Å². The fourth-order valence-corrected chi connectivity index (χ4v) is 2.02. The molecule has 0 atom stereocenters. The van der Waals surface area contributed by atoms with E-state index >= 15 is 0 Å². The molecule has 0 heterocycles. The summed E-state index contributed by atoms with van der Waals surface area (Å²) < 4.78 is 5.95. The Morgan fingerprint density at radius 3 is 2.50 bits per heavy atom. The van der Waals surface area contributed by atoms with Gasteiger partial charge in [-0.15, -0.1) is 0 Å². The molecule has 0 saturated heterocycles. The average molecular weight is 286 g/mol. The van der Waals surface area contributed by atoms with Gasteiger partial charge in [-0.05, 0) is 34.1 Å². The Morgan fingerprint density at radius 2 is 2.06 bits per heavy atom. The van der Waals surface area contributed by atoms with Gasteiger partial charge in [0.25, 0.3) is 0 Å². The topological polar surface area (TPSA) is 29.5 Å². The van der Waals surface area contributed by atoms with Crippen molar-refractivity contribution < 1.29 is 9.53 Å². The number of hydrogen-bond donors (Lipinski definition) is 0. The average Bonchev–Trinajstić information content (AvgIpc) is 2.26. The molecular formula is C12H16BrNO2. The van der Waals surface area contributed by atoms with Crippen molar-refractivity contribution in [3.8, 4) is 5.75 Å². The summed E-state index contributed by atoms with van der Waals surface area (Å²) in [6, 6.07) is 5.55. The molecule has 0 radical (unpaired) electrons. The molecule has 4 heteroatoms. The van der Waals surface area contributed by atoms with Crippen LogP contribution >= 0.6 is 15.9 Å². The second-order valence-electron chi connectivity index (χ2n) is 3.87. The Balaban J connectivity index is 3.00. The zero-order valence-electron chi connectivity index (χ0n) is 9.95. The molecule has 0 saturated carbocycles. The van der Waals surface area contributed by atoms with Crippen LogP contribution < -0.4 is 9.64 Å². The lowest BCUT2D eigenvalue weighted by atomic mass is 10.2. The number of rotatable bonds is 3. The minimum Gasteiger partial charge on any atom is -0.497 e. The van der Waals surface area contributed by atoms with E-state index in [1.165, 1.54) is 0 Å². The number of anilines is 1. The normalized spacial score (nSPS) is 10.4. The summed E-state index contributed by atoms with van der Waals surface area (Å²) in [5, 5.41) is 0. The number of amides is 1. The molecule has 1 amide bonds. The highest BCUT2D eigenvalue weighted by molar-refractivity contribution is 9.10. The van der Waals surface area contributed by atoms with E-state index in [-0.39, 0.29) is 11.8 Å². The van der Waals surface area contributed by atoms with Crippen molar-refractivity contribution in [1.29, 1.82) is 0 Å². The van der Waals surface area contributed by atoms with Crippen molar-refractivity contribution in [3.63, 3.8) is 0 Å². The molecule has 0 aliphatic heterocycles. The van der Waals surface area contributed by atoms with Crippen LogP contribution in [-0.4, -0.2) is 20.1 Å². The van der Waals surface area contributed by atoms with Crippen LogP contribution in [0.4, 0.5) is 5.69 Å². The Labute approximate surface area is 105 Å². The van der Waals surface area contributed by atoms with Crippen molar-refractivity contribution in [2.45, 2.75) is 13.8 Å². The third kappa shape index (κ3) is 2.76. The van der Waals surface area contributed by atoms with Crippen LogP contribution in [0.1, 0.15) is 13.8 Å². The second-order valence-corrected chi connectivity index (χ2v) is 4.72. The Bertz CT molecular complexity index is 391. The number of halogens is 1. The van der Waals surface area contributed by atoms with E-state index in [2.05, 4.69) is 15.9 Å². The maximum Gasteiger partial charge on any atom is 0.229 e. The first-order chi connectivity index (χ1) is 7.47. The van der Waals surface area contributed by atoms with Crippen LogP contribution in [0.3, 0.4) is 0 Å². The highest BCUT2D eigenvalue weighted by Crippen LogP contribution is 2.30. The first kappa shape index (κ1) is 13.0. The lowest BCUT2D eigenvalue weighted by molar-refractivity contribution is -0.121. The van der Waals surface area contributed by atoms with Gasteiger partial charge in [-0.25, -0.2) is 0 Å². The lowest BCUT2D eigenvalue weighted by Gasteiger charge is -2.21. The third-order valence-corrected chi connectivity index (χ3v) is 2.98. The molecule has 0 bridgehead atoms. The smallest absolute Gasteiger partial charge is 0.229 e. The highest BCUT2D eigenvalue weighted by Gasteiger charge is 2.16. The Morgan fingerprint density at radius 1 is 1.44 bits per heavy atom. The number of hydrogen-bond acceptors (Lipinski definition) is 2. The molecule has 0 N–H and O–H groups in total. The fourth-order valence-electron chi connectivity index (χ4n) is 1.39. The molecule has 88 valence electrons. The van der Waals surface area contributed by atoms with Gasteiger partial charge in [0.15, 0.2) is 0 Å². The van der Waals surface area contributed by atoms with Gasteiger partial charge in [-0.3, -0.25) is 4.79 Å². The van der Waals surface area contributed by atoms with Crippen molar-refractivity contribution in [1.82, 2.24) is 0 Å². The van der Waals surface area contributed by atoms with Crippen LogP contribution in [0, 0.1) is 5.92 Å². The van der Waals surface area contributed by atoms with Crippen LogP contribution in [0.25, 0.3) is 0 Å². The molecule has 0 aliphatic rings. The van der Waals surface area contributed by atoms with Gasteiger partial charge in [-0.2, -0.15) is 0 Å². The summed E-state index contributed by atoms with van der Waals surface area (Å²) in [5.74, 6) is 0.839. The number of ether oxygens (including phenoxy) is 1. The molecule has 0 fully saturated rings. The van der Waals surface area contributed by atoms with Crippen LogP contribution in [0.15, 0.2) is 22.7 Å². The fraction of sp³-hybridized carbons (Fsp3) is 0.417. The van der Waals surface area contributed by atoms with Gasteiger partial charge >= 0.3 is 0 Å². The number of methoxy groups -OCH3 is 1. The quantitative estimate of drug-likeness (QED) is 0.854. The van der Waals surface area contributed by atoms with Crippen molar-refractivity contribution >= 4 is 27.5 Å². The van der Waals surface area contributed by atoms with Crippen LogP contribution in [0.2, 0.25) is 0 Å². The summed E-state index contributed by atoms with van der Waals surface area (Å²) in [6.07, 6.45) is 0. The molecule has 1 aromatic rings. The van der Waals surface area contributed by atoms with E-state index in [0.29, 0.717) is 0 Å². The highest BCUT2D eigenvalue weighted by atomic mass is 79.9. The second kappa shape index (κ2) is 5.34. The molecule has 0 aliphatic carbocycles. The predicted molar refractivity (Wildman–Crippen MR) is 68.9 cm³/mol. The standard InChI is InChI=1S/C12H16BrNO2/c1-8(2)12(15)14(3)11-6-5-9(16-4)7-10(11)13/h5-8H,1-4H3. The number of benzene rings is 1. The molecule has 0 spiro atoms. The minimum absolute atomic E-state index is 0.0148. The van der Waals surface area contributed by atoms with E-state index in [1.54, 1.807) is 19.1 Å². The number of carbonyl (C=O) groups is 1. The van der Waals surface area contributed by atoms with Gasteiger partial charge in [0.2, 0.25) is 5.91 Å². The Hall–Kier alpha value is -1.03. The molecule has 3 nitrogen and oxygen atoms in total. The van der Waals surface area contributed by atoms with Gasteiger partial charge in [-0.1, -0.05) is 13.8 Å². The first-order valence-corrected chi connectivity index (χ1v) is 5.87. The molecule has 0 unspecified atom stereocenters. The van der Waals surface area contributed by atoms with Gasteiger partial charge in [0.05, 0.1) is 12.8 Å². The summed E-state index contributed by atoms with van der Waals surface area (Å²) in [7, 11) is 3.39.